The zero-order chi connectivity index (χ0) is 13.9. The number of hydrogen-bond donors (Lipinski definition) is 0. The summed E-state index contributed by atoms with van der Waals surface area (Å²) in [5, 5.41) is 0. The van der Waals surface area contributed by atoms with E-state index >= 15 is 0 Å². The van der Waals surface area contributed by atoms with Crippen LogP contribution in [0.1, 0.15) is 28.3 Å². The molecule has 1 aliphatic rings. The summed E-state index contributed by atoms with van der Waals surface area (Å²) in [7, 11) is 1.56. The molecule has 0 saturated carbocycles. The molecule has 102 valence electrons. The van der Waals surface area contributed by atoms with Crippen LogP contribution in [0.4, 0.5) is 0 Å². The van der Waals surface area contributed by atoms with Crippen LogP contribution in [-0.2, 0) is 0 Å². The molecule has 0 spiro atoms. The molecule has 0 radical (unpaired) electrons. The summed E-state index contributed by atoms with van der Waals surface area (Å²) < 4.78 is 10.7. The summed E-state index contributed by atoms with van der Waals surface area (Å²) in [5.74, 6) is 1.28. The van der Waals surface area contributed by atoms with E-state index in [1.165, 1.54) is 0 Å². The number of ether oxygens (including phenoxy) is 2. The van der Waals surface area contributed by atoms with Gasteiger partial charge >= 0.3 is 0 Å². The van der Waals surface area contributed by atoms with Gasteiger partial charge in [-0.05, 0) is 18.6 Å². The van der Waals surface area contributed by atoms with Crippen molar-refractivity contribution < 1.29 is 14.3 Å². The van der Waals surface area contributed by atoms with Gasteiger partial charge < -0.3 is 9.47 Å². The lowest BCUT2D eigenvalue weighted by molar-refractivity contribution is 0.0932. The number of methoxy groups -OCH3 is 1. The largest absolute Gasteiger partial charge is 0.495 e. The maximum Gasteiger partial charge on any atom is 0.172 e. The maximum absolute atomic E-state index is 12.7. The summed E-state index contributed by atoms with van der Waals surface area (Å²) in [4.78, 5) is 16.7. The van der Waals surface area contributed by atoms with Gasteiger partial charge in [-0.1, -0.05) is 18.2 Å². The summed E-state index contributed by atoms with van der Waals surface area (Å²) in [6.45, 7) is 0.560. The van der Waals surface area contributed by atoms with E-state index in [-0.39, 0.29) is 11.7 Å². The molecule has 0 fully saturated rings. The Morgan fingerprint density at radius 3 is 3.05 bits per heavy atom. The molecule has 4 heteroatoms. The van der Waals surface area contributed by atoms with E-state index in [4.69, 9.17) is 9.47 Å². The number of para-hydroxylation sites is 1. The highest BCUT2D eigenvalue weighted by atomic mass is 16.5. The molecular weight excluding hydrogens is 254 g/mol. The minimum atomic E-state index is -0.172. The number of fused-ring (bicyclic) bond motifs is 1. The molecule has 1 aliphatic heterocycles. The van der Waals surface area contributed by atoms with Gasteiger partial charge in [-0.15, -0.1) is 0 Å². The first-order chi connectivity index (χ1) is 9.79. The van der Waals surface area contributed by atoms with Gasteiger partial charge in [-0.2, -0.15) is 0 Å². The summed E-state index contributed by atoms with van der Waals surface area (Å²) in [6.07, 6.45) is 3.87. The number of ketones is 1. The van der Waals surface area contributed by atoms with Crippen LogP contribution in [0, 0.1) is 0 Å². The summed E-state index contributed by atoms with van der Waals surface area (Å²) in [5.41, 5.74) is 1.53. The van der Waals surface area contributed by atoms with Crippen LogP contribution in [0.5, 0.6) is 11.5 Å². The minimum Gasteiger partial charge on any atom is -0.495 e. The lowest BCUT2D eigenvalue weighted by Crippen LogP contribution is -2.21. The van der Waals surface area contributed by atoms with Crippen molar-refractivity contribution in [3.05, 3.63) is 53.9 Å². The van der Waals surface area contributed by atoms with Crippen molar-refractivity contribution >= 4 is 5.78 Å². The van der Waals surface area contributed by atoms with Crippen molar-refractivity contribution in [1.82, 2.24) is 4.98 Å². The van der Waals surface area contributed by atoms with Crippen molar-refractivity contribution in [3.8, 4) is 11.5 Å². The highest BCUT2D eigenvalue weighted by Gasteiger charge is 2.28. The molecule has 1 atom stereocenters. The SMILES string of the molecule is COc1cncc(C(=O)C2CCOc3ccccc32)c1. The van der Waals surface area contributed by atoms with Gasteiger partial charge in [0.15, 0.2) is 5.78 Å². The Morgan fingerprint density at radius 2 is 2.20 bits per heavy atom. The average molecular weight is 269 g/mol. The zero-order valence-electron chi connectivity index (χ0n) is 11.2. The molecule has 0 amide bonds. The van der Waals surface area contributed by atoms with Crippen LogP contribution in [0.3, 0.4) is 0 Å². The molecule has 0 bridgehead atoms. The number of hydrogen-bond acceptors (Lipinski definition) is 4. The van der Waals surface area contributed by atoms with Gasteiger partial charge in [0.05, 0.1) is 25.8 Å². The Bertz CT molecular complexity index is 639. The van der Waals surface area contributed by atoms with Crippen LogP contribution < -0.4 is 9.47 Å². The Hall–Kier alpha value is -2.36. The molecule has 4 nitrogen and oxygen atoms in total. The van der Waals surface area contributed by atoms with E-state index in [2.05, 4.69) is 4.98 Å². The maximum atomic E-state index is 12.7. The molecule has 0 aliphatic carbocycles. The first-order valence-corrected chi connectivity index (χ1v) is 6.54. The molecule has 1 aromatic carbocycles. The van der Waals surface area contributed by atoms with Gasteiger partial charge in [-0.25, -0.2) is 0 Å². The van der Waals surface area contributed by atoms with Crippen LogP contribution in [0.2, 0.25) is 0 Å². The number of carbonyl (C=O) groups excluding carboxylic acids is 1. The van der Waals surface area contributed by atoms with Crippen molar-refractivity contribution in [2.75, 3.05) is 13.7 Å². The van der Waals surface area contributed by atoms with Crippen molar-refractivity contribution in [2.24, 2.45) is 0 Å². The number of nitrogens with zero attached hydrogens (tertiary/aromatic N) is 1. The molecule has 1 unspecified atom stereocenters. The smallest absolute Gasteiger partial charge is 0.172 e. The van der Waals surface area contributed by atoms with E-state index in [1.807, 2.05) is 24.3 Å². The van der Waals surface area contributed by atoms with Gasteiger partial charge in [0.25, 0.3) is 0 Å². The third-order valence-corrected chi connectivity index (χ3v) is 3.51. The Kier molecular flexibility index (Phi) is 3.37. The predicted octanol–water partition coefficient (Wildman–Crippen LogP) is 2.84. The van der Waals surface area contributed by atoms with E-state index in [1.54, 1.807) is 25.6 Å². The fourth-order valence-electron chi connectivity index (χ4n) is 2.48. The first-order valence-electron chi connectivity index (χ1n) is 6.54. The van der Waals surface area contributed by atoms with Gasteiger partial charge in [0.1, 0.15) is 11.5 Å². The third-order valence-electron chi connectivity index (χ3n) is 3.51. The summed E-state index contributed by atoms with van der Waals surface area (Å²) in [6, 6.07) is 9.42. The number of carbonyl (C=O) groups is 1. The molecule has 1 aromatic heterocycles. The normalized spacial score (nSPS) is 16.9. The second-order valence-corrected chi connectivity index (χ2v) is 4.71. The third kappa shape index (κ3) is 2.25. The molecule has 20 heavy (non-hydrogen) atoms. The molecule has 0 N–H and O–H groups in total. The molecule has 0 saturated heterocycles. The van der Waals surface area contributed by atoms with Crippen molar-refractivity contribution in [3.63, 3.8) is 0 Å². The standard InChI is InChI=1S/C16H15NO3/c1-19-12-8-11(9-17-10-12)16(18)14-6-7-20-15-5-3-2-4-13(14)15/h2-5,8-10,14H,6-7H2,1H3. The Labute approximate surface area is 117 Å². The molecule has 2 heterocycles. The lowest BCUT2D eigenvalue weighted by Gasteiger charge is -2.24. The molecule has 3 rings (SSSR count). The molecular formula is C16H15NO3. The number of benzene rings is 1. The van der Waals surface area contributed by atoms with Crippen LogP contribution in [-0.4, -0.2) is 24.5 Å². The average Bonchev–Trinajstić information content (AvgIpc) is 2.53. The van der Waals surface area contributed by atoms with Crippen molar-refractivity contribution in [1.29, 1.82) is 0 Å². The fourth-order valence-corrected chi connectivity index (χ4v) is 2.48. The van der Waals surface area contributed by atoms with E-state index in [9.17, 15) is 4.79 Å². The fraction of sp³-hybridized carbons (Fsp3) is 0.250. The number of pyridine rings is 1. The van der Waals surface area contributed by atoms with Gasteiger partial charge in [0, 0.05) is 17.3 Å². The van der Waals surface area contributed by atoms with E-state index < -0.39 is 0 Å². The van der Waals surface area contributed by atoms with Crippen LogP contribution in [0.25, 0.3) is 0 Å². The number of rotatable bonds is 3. The van der Waals surface area contributed by atoms with Crippen molar-refractivity contribution in [2.45, 2.75) is 12.3 Å². The van der Waals surface area contributed by atoms with E-state index in [0.717, 1.165) is 11.3 Å². The van der Waals surface area contributed by atoms with Crippen LogP contribution in [0.15, 0.2) is 42.7 Å². The number of Topliss-reactive ketones (excluding diaryl/α,β-unsaturated/α-hetero) is 1. The predicted molar refractivity (Wildman–Crippen MR) is 74.4 cm³/mol. The minimum absolute atomic E-state index is 0.0622. The summed E-state index contributed by atoms with van der Waals surface area (Å²) >= 11 is 0. The number of aromatic nitrogens is 1. The monoisotopic (exact) mass is 269 g/mol. The van der Waals surface area contributed by atoms with Crippen LogP contribution >= 0.6 is 0 Å². The Balaban J connectivity index is 1.95. The molecule has 2 aromatic rings. The highest BCUT2D eigenvalue weighted by Crippen LogP contribution is 2.35. The topological polar surface area (TPSA) is 48.4 Å². The Morgan fingerprint density at radius 1 is 1.35 bits per heavy atom. The van der Waals surface area contributed by atoms with Gasteiger partial charge in [0.2, 0.25) is 0 Å². The highest BCUT2D eigenvalue weighted by molar-refractivity contribution is 6.01. The quantitative estimate of drug-likeness (QED) is 0.804. The zero-order valence-corrected chi connectivity index (χ0v) is 11.2. The second-order valence-electron chi connectivity index (χ2n) is 4.71. The first kappa shape index (κ1) is 12.7. The van der Waals surface area contributed by atoms with Gasteiger partial charge in [-0.3, -0.25) is 9.78 Å². The van der Waals surface area contributed by atoms with E-state index in [0.29, 0.717) is 24.3 Å². The lowest BCUT2D eigenvalue weighted by atomic mass is 9.87. The second kappa shape index (κ2) is 5.33.